The van der Waals surface area contributed by atoms with Gasteiger partial charge in [0.15, 0.2) is 5.65 Å². The number of anilines is 1. The van der Waals surface area contributed by atoms with E-state index in [2.05, 4.69) is 10.1 Å². The van der Waals surface area contributed by atoms with Gasteiger partial charge in [-0.05, 0) is 31.2 Å². The number of para-hydroxylation sites is 1. The fraction of sp³-hybridized carbons (Fsp3) is 0.0500. The van der Waals surface area contributed by atoms with Gasteiger partial charge in [0.2, 0.25) is 0 Å². The number of hydrogen-bond acceptors (Lipinski definition) is 4. The monoisotopic (exact) mass is 361 g/mol. The summed E-state index contributed by atoms with van der Waals surface area (Å²) in [5.41, 5.74) is 7.16. The lowest BCUT2D eigenvalue weighted by molar-refractivity contribution is 0.590. The van der Waals surface area contributed by atoms with Crippen molar-refractivity contribution < 1.29 is 8.78 Å². The van der Waals surface area contributed by atoms with Crippen molar-refractivity contribution in [1.82, 2.24) is 14.8 Å². The Labute approximate surface area is 153 Å². The average molecular weight is 361 g/mol. The standard InChI is InChI=1S/C20H13F2N5/c1-11-16-17(18-14(21)8-5-9-15(18)22)13(10-23)19(24)25-20(16)27(26-11)12-6-3-2-4-7-12/h2-9H,1H3,(H2,24,25). The summed E-state index contributed by atoms with van der Waals surface area (Å²) in [6, 6.07) is 14.6. The Hall–Kier alpha value is -3.79. The average Bonchev–Trinajstić information content (AvgIpc) is 2.98. The van der Waals surface area contributed by atoms with E-state index in [0.717, 1.165) is 12.1 Å². The lowest BCUT2D eigenvalue weighted by Crippen LogP contribution is -2.04. The molecule has 0 spiro atoms. The molecular formula is C20H13F2N5. The third kappa shape index (κ3) is 2.50. The van der Waals surface area contributed by atoms with Crippen molar-refractivity contribution in [2.75, 3.05) is 5.73 Å². The lowest BCUT2D eigenvalue weighted by Gasteiger charge is -2.11. The van der Waals surface area contributed by atoms with Gasteiger partial charge in [-0.1, -0.05) is 24.3 Å². The molecule has 7 heteroatoms. The fourth-order valence-corrected chi connectivity index (χ4v) is 3.18. The Morgan fingerprint density at radius 1 is 1.00 bits per heavy atom. The lowest BCUT2D eigenvalue weighted by atomic mass is 9.96. The summed E-state index contributed by atoms with van der Waals surface area (Å²) in [6.07, 6.45) is 0. The van der Waals surface area contributed by atoms with Crippen LogP contribution in [-0.4, -0.2) is 14.8 Å². The molecule has 0 bridgehead atoms. The van der Waals surface area contributed by atoms with Crippen molar-refractivity contribution in [3.8, 4) is 22.9 Å². The summed E-state index contributed by atoms with van der Waals surface area (Å²) >= 11 is 0. The Morgan fingerprint density at radius 2 is 1.67 bits per heavy atom. The van der Waals surface area contributed by atoms with Crippen LogP contribution in [-0.2, 0) is 0 Å². The van der Waals surface area contributed by atoms with Gasteiger partial charge < -0.3 is 5.73 Å². The maximum atomic E-state index is 14.5. The van der Waals surface area contributed by atoms with E-state index in [4.69, 9.17) is 5.73 Å². The fourth-order valence-electron chi connectivity index (χ4n) is 3.18. The van der Waals surface area contributed by atoms with Crippen LogP contribution in [0.4, 0.5) is 14.6 Å². The SMILES string of the molecule is Cc1nn(-c2ccccc2)c2nc(N)c(C#N)c(-c3c(F)cccc3F)c12. The molecule has 2 heterocycles. The number of nitrogens with zero attached hydrogens (tertiary/aromatic N) is 4. The molecule has 2 aromatic heterocycles. The van der Waals surface area contributed by atoms with Gasteiger partial charge in [-0.25, -0.2) is 18.4 Å². The third-order valence-corrected chi connectivity index (χ3v) is 4.34. The third-order valence-electron chi connectivity index (χ3n) is 4.34. The highest BCUT2D eigenvalue weighted by Gasteiger charge is 2.25. The predicted molar refractivity (Wildman–Crippen MR) is 98.1 cm³/mol. The van der Waals surface area contributed by atoms with Crippen LogP contribution in [0, 0.1) is 29.9 Å². The van der Waals surface area contributed by atoms with Crippen LogP contribution in [0.5, 0.6) is 0 Å². The molecule has 4 rings (SSSR count). The highest BCUT2D eigenvalue weighted by atomic mass is 19.1. The zero-order chi connectivity index (χ0) is 19.1. The molecule has 0 saturated carbocycles. The number of halogens is 2. The number of rotatable bonds is 2. The number of hydrogen-bond donors (Lipinski definition) is 1. The molecule has 27 heavy (non-hydrogen) atoms. The molecule has 0 unspecified atom stereocenters. The minimum absolute atomic E-state index is 0.0651. The van der Waals surface area contributed by atoms with Gasteiger partial charge in [-0.2, -0.15) is 10.4 Å². The van der Waals surface area contributed by atoms with E-state index in [1.807, 2.05) is 36.4 Å². The molecule has 0 saturated heterocycles. The minimum Gasteiger partial charge on any atom is -0.383 e. The number of pyridine rings is 1. The van der Waals surface area contributed by atoms with Crippen LogP contribution >= 0.6 is 0 Å². The molecule has 0 aliphatic heterocycles. The number of benzene rings is 2. The summed E-state index contributed by atoms with van der Waals surface area (Å²) in [6.45, 7) is 1.70. The number of aryl methyl sites for hydroxylation is 1. The van der Waals surface area contributed by atoms with E-state index >= 15 is 0 Å². The highest BCUT2D eigenvalue weighted by molar-refractivity contribution is 6.00. The zero-order valence-corrected chi connectivity index (χ0v) is 14.2. The molecule has 0 amide bonds. The molecule has 4 aromatic rings. The molecule has 2 aromatic carbocycles. The van der Waals surface area contributed by atoms with E-state index in [-0.39, 0.29) is 22.5 Å². The zero-order valence-electron chi connectivity index (χ0n) is 14.2. The molecule has 0 aliphatic carbocycles. The number of fused-ring (bicyclic) bond motifs is 1. The first-order valence-electron chi connectivity index (χ1n) is 8.11. The summed E-state index contributed by atoms with van der Waals surface area (Å²) in [4.78, 5) is 4.30. The van der Waals surface area contributed by atoms with Crippen LogP contribution in [0.15, 0.2) is 48.5 Å². The first kappa shape index (κ1) is 16.7. The summed E-state index contributed by atoms with van der Waals surface area (Å²) in [7, 11) is 0. The van der Waals surface area contributed by atoms with E-state index in [0.29, 0.717) is 22.4 Å². The van der Waals surface area contributed by atoms with Gasteiger partial charge >= 0.3 is 0 Å². The summed E-state index contributed by atoms with van der Waals surface area (Å²) in [5, 5.41) is 14.4. The van der Waals surface area contributed by atoms with E-state index in [1.54, 1.807) is 11.6 Å². The van der Waals surface area contributed by atoms with Gasteiger partial charge in [0, 0.05) is 5.56 Å². The smallest absolute Gasteiger partial charge is 0.166 e. The maximum Gasteiger partial charge on any atom is 0.166 e. The highest BCUT2D eigenvalue weighted by Crippen LogP contribution is 2.38. The van der Waals surface area contributed by atoms with Gasteiger partial charge in [0.05, 0.1) is 22.3 Å². The topological polar surface area (TPSA) is 80.5 Å². The van der Waals surface area contributed by atoms with Gasteiger partial charge in [-0.3, -0.25) is 0 Å². The van der Waals surface area contributed by atoms with Crippen molar-refractivity contribution in [3.05, 3.63) is 71.4 Å². The van der Waals surface area contributed by atoms with E-state index < -0.39 is 11.6 Å². The van der Waals surface area contributed by atoms with Crippen LogP contribution in [0.1, 0.15) is 11.3 Å². The van der Waals surface area contributed by atoms with Crippen molar-refractivity contribution in [2.24, 2.45) is 0 Å². The molecule has 0 fully saturated rings. The quantitative estimate of drug-likeness (QED) is 0.582. The van der Waals surface area contributed by atoms with Crippen molar-refractivity contribution in [1.29, 1.82) is 5.26 Å². The molecule has 0 atom stereocenters. The van der Waals surface area contributed by atoms with E-state index in [9.17, 15) is 14.0 Å². The van der Waals surface area contributed by atoms with Gasteiger partial charge in [0.25, 0.3) is 0 Å². The summed E-state index contributed by atoms with van der Waals surface area (Å²) < 4.78 is 30.6. The minimum atomic E-state index is -0.787. The van der Waals surface area contributed by atoms with Crippen LogP contribution in [0.2, 0.25) is 0 Å². The number of nitrogen functional groups attached to an aromatic ring is 1. The van der Waals surface area contributed by atoms with Crippen LogP contribution < -0.4 is 5.73 Å². The molecule has 5 nitrogen and oxygen atoms in total. The van der Waals surface area contributed by atoms with Crippen LogP contribution in [0.25, 0.3) is 27.8 Å². The molecular weight excluding hydrogens is 348 g/mol. The Kier molecular flexibility index (Phi) is 3.81. The normalized spacial score (nSPS) is 10.9. The predicted octanol–water partition coefficient (Wildman–Crippen LogP) is 4.13. The number of nitrogens with two attached hydrogens (primary N) is 1. The maximum absolute atomic E-state index is 14.5. The van der Waals surface area contributed by atoms with Crippen LogP contribution in [0.3, 0.4) is 0 Å². The van der Waals surface area contributed by atoms with E-state index in [1.165, 1.54) is 6.07 Å². The van der Waals surface area contributed by atoms with Gasteiger partial charge in [0.1, 0.15) is 29.1 Å². The van der Waals surface area contributed by atoms with Crippen molar-refractivity contribution in [3.63, 3.8) is 0 Å². The summed E-state index contributed by atoms with van der Waals surface area (Å²) in [5.74, 6) is -1.68. The molecule has 2 N–H and O–H groups in total. The first-order valence-corrected chi connectivity index (χ1v) is 8.11. The second-order valence-electron chi connectivity index (χ2n) is 5.99. The molecule has 0 radical (unpaired) electrons. The Morgan fingerprint density at radius 3 is 2.30 bits per heavy atom. The molecule has 132 valence electrons. The Bertz CT molecular complexity index is 1200. The van der Waals surface area contributed by atoms with Crippen molar-refractivity contribution >= 4 is 16.9 Å². The number of aromatic nitrogens is 3. The molecule has 0 aliphatic rings. The second kappa shape index (κ2) is 6.18. The van der Waals surface area contributed by atoms with Crippen molar-refractivity contribution in [2.45, 2.75) is 6.92 Å². The number of nitriles is 1. The second-order valence-corrected chi connectivity index (χ2v) is 5.99. The first-order chi connectivity index (χ1) is 13.0. The van der Waals surface area contributed by atoms with Gasteiger partial charge in [-0.15, -0.1) is 0 Å². The Balaban J connectivity index is 2.19. The largest absolute Gasteiger partial charge is 0.383 e.